The van der Waals surface area contributed by atoms with E-state index in [4.69, 9.17) is 4.74 Å². The molecular formula is C34H41N3O5S. The molecule has 4 rings (SSSR count). The van der Waals surface area contributed by atoms with Gasteiger partial charge in [0.25, 0.3) is 11.8 Å². The molecule has 3 aromatic carbocycles. The number of aryl methyl sites for hydroxylation is 1. The molecule has 1 fully saturated rings. The molecule has 0 saturated carbocycles. The molecule has 4 atom stereocenters. The molecule has 3 aromatic rings. The molecule has 3 N–H and O–H groups in total. The third-order valence-electron chi connectivity index (χ3n) is 7.74. The van der Waals surface area contributed by atoms with E-state index >= 15 is 0 Å². The third-order valence-corrected chi connectivity index (χ3v) is 9.11. The fourth-order valence-electron chi connectivity index (χ4n) is 5.21. The SMILES string of the molecule is CCC(Oc1ccccc1)C(=O)NC(Cc1ccccc1)C(O)C(=O)N1CSC(C)(C)C1C(=O)NCc1ccccc1C. The fourth-order valence-corrected chi connectivity index (χ4v) is 6.35. The standard InChI is InChI=1S/C34H41N3O5S/c1-5-28(42-26-18-10-7-11-19-26)31(39)36-27(20-24-15-8-6-9-16-24)29(38)33(41)37-22-43-34(3,4)30(37)32(40)35-21-25-17-13-12-14-23(25)2/h6-19,27-30,38H,5,20-22H2,1-4H3,(H,35,40)(H,36,39). The predicted octanol–water partition coefficient (Wildman–Crippen LogP) is 4.24. The smallest absolute Gasteiger partial charge is 0.261 e. The van der Waals surface area contributed by atoms with Crippen LogP contribution in [0, 0.1) is 6.92 Å². The zero-order valence-corrected chi connectivity index (χ0v) is 26.0. The van der Waals surface area contributed by atoms with Crippen LogP contribution in [0.5, 0.6) is 5.75 Å². The first kappa shape index (κ1) is 32.1. The molecule has 1 saturated heterocycles. The van der Waals surface area contributed by atoms with Crippen molar-refractivity contribution in [1.82, 2.24) is 15.5 Å². The molecule has 0 aliphatic carbocycles. The normalized spacial score (nSPS) is 17.9. The fraction of sp³-hybridized carbons (Fsp3) is 0.382. The number of nitrogens with zero attached hydrogens (tertiary/aromatic N) is 1. The zero-order valence-electron chi connectivity index (χ0n) is 25.2. The van der Waals surface area contributed by atoms with E-state index in [9.17, 15) is 19.5 Å². The van der Waals surface area contributed by atoms with E-state index < -0.39 is 40.9 Å². The number of hydrogen-bond donors (Lipinski definition) is 3. The summed E-state index contributed by atoms with van der Waals surface area (Å²) >= 11 is 1.48. The molecule has 8 nitrogen and oxygen atoms in total. The molecule has 0 radical (unpaired) electrons. The summed E-state index contributed by atoms with van der Waals surface area (Å²) in [5.74, 6) is -0.525. The monoisotopic (exact) mass is 603 g/mol. The molecular weight excluding hydrogens is 562 g/mol. The van der Waals surface area contributed by atoms with Gasteiger partial charge in [0.2, 0.25) is 5.91 Å². The second-order valence-corrected chi connectivity index (χ2v) is 12.9. The Bertz CT molecular complexity index is 1390. The van der Waals surface area contributed by atoms with Gasteiger partial charge < -0.3 is 25.4 Å². The van der Waals surface area contributed by atoms with Gasteiger partial charge in [-0.3, -0.25) is 14.4 Å². The lowest BCUT2D eigenvalue weighted by molar-refractivity contribution is -0.148. The topological polar surface area (TPSA) is 108 Å². The number of ether oxygens (including phenoxy) is 1. The quantitative estimate of drug-likeness (QED) is 0.286. The molecule has 228 valence electrons. The summed E-state index contributed by atoms with van der Waals surface area (Å²) in [6.45, 7) is 8.00. The van der Waals surface area contributed by atoms with Gasteiger partial charge in [-0.15, -0.1) is 11.8 Å². The number of amides is 3. The molecule has 1 aliphatic rings. The molecule has 0 spiro atoms. The van der Waals surface area contributed by atoms with Crippen molar-refractivity contribution in [2.75, 3.05) is 5.88 Å². The summed E-state index contributed by atoms with van der Waals surface area (Å²) in [5, 5.41) is 17.4. The predicted molar refractivity (Wildman–Crippen MR) is 169 cm³/mol. The first-order valence-electron chi connectivity index (χ1n) is 14.6. The number of nitrogens with one attached hydrogen (secondary N) is 2. The Kier molecular flexibility index (Phi) is 10.9. The summed E-state index contributed by atoms with van der Waals surface area (Å²) in [4.78, 5) is 42.3. The van der Waals surface area contributed by atoms with Crippen LogP contribution in [0.25, 0.3) is 0 Å². The zero-order chi connectivity index (χ0) is 31.0. The van der Waals surface area contributed by atoms with Crippen molar-refractivity contribution >= 4 is 29.5 Å². The highest BCUT2D eigenvalue weighted by Crippen LogP contribution is 2.40. The highest BCUT2D eigenvalue weighted by molar-refractivity contribution is 8.00. The second kappa shape index (κ2) is 14.6. The maximum atomic E-state index is 13.9. The van der Waals surface area contributed by atoms with Crippen LogP contribution >= 0.6 is 11.8 Å². The van der Waals surface area contributed by atoms with E-state index in [-0.39, 0.29) is 18.2 Å². The Morgan fingerprint density at radius 2 is 1.63 bits per heavy atom. The lowest BCUT2D eigenvalue weighted by Crippen LogP contribution is -2.59. The van der Waals surface area contributed by atoms with Crippen LogP contribution in [0.15, 0.2) is 84.9 Å². The van der Waals surface area contributed by atoms with Crippen LogP contribution in [0.4, 0.5) is 0 Å². The molecule has 3 amide bonds. The number of carbonyl (C=O) groups excluding carboxylic acids is 3. The van der Waals surface area contributed by atoms with Gasteiger partial charge in [0.1, 0.15) is 11.8 Å². The first-order chi connectivity index (χ1) is 20.6. The second-order valence-electron chi connectivity index (χ2n) is 11.3. The number of benzene rings is 3. The highest BCUT2D eigenvalue weighted by atomic mass is 32.2. The number of carbonyl (C=O) groups is 3. The molecule has 1 aliphatic heterocycles. The third kappa shape index (κ3) is 8.18. The Morgan fingerprint density at radius 3 is 2.28 bits per heavy atom. The van der Waals surface area contributed by atoms with Gasteiger partial charge in [0.15, 0.2) is 12.2 Å². The highest BCUT2D eigenvalue weighted by Gasteiger charge is 2.49. The first-order valence-corrected chi connectivity index (χ1v) is 15.6. The van der Waals surface area contributed by atoms with Crippen molar-refractivity contribution in [2.24, 2.45) is 0 Å². The minimum Gasteiger partial charge on any atom is -0.481 e. The van der Waals surface area contributed by atoms with Gasteiger partial charge in [-0.1, -0.05) is 79.7 Å². The lowest BCUT2D eigenvalue weighted by atomic mass is 9.97. The molecule has 1 heterocycles. The summed E-state index contributed by atoms with van der Waals surface area (Å²) < 4.78 is 5.34. The van der Waals surface area contributed by atoms with Crippen molar-refractivity contribution in [1.29, 1.82) is 0 Å². The summed E-state index contributed by atoms with van der Waals surface area (Å²) in [7, 11) is 0. The van der Waals surface area contributed by atoms with Crippen molar-refractivity contribution in [2.45, 2.75) is 76.1 Å². The molecule has 0 bridgehead atoms. The summed E-state index contributed by atoms with van der Waals surface area (Å²) in [6, 6.07) is 24.5. The summed E-state index contributed by atoms with van der Waals surface area (Å²) in [5.41, 5.74) is 2.90. The number of rotatable bonds is 12. The van der Waals surface area contributed by atoms with Crippen molar-refractivity contribution in [3.8, 4) is 5.75 Å². The number of hydrogen-bond acceptors (Lipinski definition) is 6. The van der Waals surface area contributed by atoms with Crippen LogP contribution in [0.3, 0.4) is 0 Å². The van der Waals surface area contributed by atoms with Crippen molar-refractivity contribution in [3.63, 3.8) is 0 Å². The van der Waals surface area contributed by atoms with E-state index in [1.165, 1.54) is 16.7 Å². The molecule has 9 heteroatoms. The van der Waals surface area contributed by atoms with E-state index in [1.54, 1.807) is 12.1 Å². The van der Waals surface area contributed by atoms with E-state index in [0.29, 0.717) is 18.7 Å². The van der Waals surface area contributed by atoms with Gasteiger partial charge in [-0.05, 0) is 62.4 Å². The van der Waals surface area contributed by atoms with Gasteiger partial charge in [0, 0.05) is 11.3 Å². The van der Waals surface area contributed by atoms with Gasteiger partial charge in [-0.2, -0.15) is 0 Å². The maximum Gasteiger partial charge on any atom is 0.261 e. The lowest BCUT2D eigenvalue weighted by Gasteiger charge is -2.33. The van der Waals surface area contributed by atoms with Gasteiger partial charge in [0.05, 0.1) is 11.9 Å². The number of aliphatic hydroxyl groups excluding tert-OH is 1. The number of thioether (sulfide) groups is 1. The van der Waals surface area contributed by atoms with Crippen LogP contribution in [0.1, 0.15) is 43.9 Å². The Hall–Kier alpha value is -3.82. The minimum atomic E-state index is -1.58. The van der Waals surface area contributed by atoms with Crippen molar-refractivity contribution < 1.29 is 24.2 Å². The Labute approximate surface area is 258 Å². The van der Waals surface area contributed by atoms with Crippen molar-refractivity contribution in [3.05, 3.63) is 102 Å². The Balaban J connectivity index is 1.52. The minimum absolute atomic E-state index is 0.218. The average Bonchev–Trinajstić information content (AvgIpc) is 3.33. The van der Waals surface area contributed by atoms with Crippen LogP contribution in [0.2, 0.25) is 0 Å². The molecule has 43 heavy (non-hydrogen) atoms. The van der Waals surface area contributed by atoms with Gasteiger partial charge >= 0.3 is 0 Å². The van der Waals surface area contributed by atoms with E-state index in [0.717, 1.165) is 16.7 Å². The van der Waals surface area contributed by atoms with E-state index in [2.05, 4.69) is 10.6 Å². The largest absolute Gasteiger partial charge is 0.481 e. The number of aliphatic hydroxyl groups is 1. The van der Waals surface area contributed by atoms with E-state index in [1.807, 2.05) is 100 Å². The maximum absolute atomic E-state index is 13.9. The van der Waals surface area contributed by atoms with Crippen LogP contribution < -0.4 is 15.4 Å². The Morgan fingerprint density at radius 1 is 1.00 bits per heavy atom. The molecule has 4 unspecified atom stereocenters. The average molecular weight is 604 g/mol. The number of para-hydroxylation sites is 1. The molecule has 0 aromatic heterocycles. The van der Waals surface area contributed by atoms with Crippen LogP contribution in [-0.4, -0.2) is 62.6 Å². The van der Waals surface area contributed by atoms with Crippen LogP contribution in [-0.2, 0) is 27.3 Å². The summed E-state index contributed by atoms with van der Waals surface area (Å²) in [6.07, 6.45) is -1.79. The van der Waals surface area contributed by atoms with Gasteiger partial charge in [-0.25, -0.2) is 0 Å².